The first-order valence-corrected chi connectivity index (χ1v) is 11.0. The van der Waals surface area contributed by atoms with Crippen molar-refractivity contribution >= 4 is 18.2 Å². The van der Waals surface area contributed by atoms with Crippen LogP contribution in [0.1, 0.15) is 56.6 Å². The molecule has 1 unspecified atom stereocenters. The summed E-state index contributed by atoms with van der Waals surface area (Å²) in [6, 6.07) is 6.87. The van der Waals surface area contributed by atoms with Crippen molar-refractivity contribution in [3.05, 3.63) is 29.3 Å². The largest absolute Gasteiger partial charge is 0.497 e. The molecule has 4 aliphatic rings. The Labute approximate surface area is 180 Å². The van der Waals surface area contributed by atoms with E-state index in [4.69, 9.17) is 9.47 Å². The molecule has 0 aromatic heterocycles. The number of halogens is 1. The zero-order valence-corrected chi connectivity index (χ0v) is 18.7. The summed E-state index contributed by atoms with van der Waals surface area (Å²) in [4.78, 5) is 15.6. The molecule has 160 valence electrons. The number of Topliss-reactive ketones (excluding diaryl/α,β-unsaturated/α-hetero) is 1. The minimum Gasteiger partial charge on any atom is -0.497 e. The molecule has 4 nitrogen and oxygen atoms in total. The van der Waals surface area contributed by atoms with E-state index in [2.05, 4.69) is 30.0 Å². The number of ether oxygens (including phenoxy) is 2. The van der Waals surface area contributed by atoms with Crippen LogP contribution in [0.5, 0.6) is 5.75 Å². The highest BCUT2D eigenvalue weighted by atomic mass is 35.5. The van der Waals surface area contributed by atoms with E-state index in [1.807, 2.05) is 7.11 Å². The van der Waals surface area contributed by atoms with E-state index in [0.717, 1.165) is 31.1 Å². The Kier molecular flexibility index (Phi) is 5.50. The Balaban J connectivity index is 0.00000205. The zero-order chi connectivity index (χ0) is 19.5. The minimum atomic E-state index is -0.289. The molecule has 0 radical (unpaired) electrons. The third-order valence-corrected chi connectivity index (χ3v) is 8.58. The lowest BCUT2D eigenvalue weighted by Crippen LogP contribution is -2.76. The Hall–Kier alpha value is -1.10. The van der Waals surface area contributed by atoms with Gasteiger partial charge in [0.1, 0.15) is 11.5 Å². The van der Waals surface area contributed by atoms with Gasteiger partial charge in [-0.1, -0.05) is 19.4 Å². The predicted octanol–water partition coefficient (Wildman–Crippen LogP) is 4.17. The van der Waals surface area contributed by atoms with E-state index in [1.54, 1.807) is 7.11 Å². The summed E-state index contributed by atoms with van der Waals surface area (Å²) in [7, 11) is 3.62. The number of fused-ring (bicyclic) bond motifs is 1. The molecule has 1 saturated heterocycles. The molecule has 3 aliphatic carbocycles. The second-order valence-electron chi connectivity index (χ2n) is 9.68. The van der Waals surface area contributed by atoms with Gasteiger partial charge in [-0.3, -0.25) is 9.69 Å². The monoisotopic (exact) mass is 419 g/mol. The maximum Gasteiger partial charge on any atom is 0.134 e. The van der Waals surface area contributed by atoms with Gasteiger partial charge in [0, 0.05) is 38.0 Å². The van der Waals surface area contributed by atoms with E-state index in [1.165, 1.54) is 36.9 Å². The van der Waals surface area contributed by atoms with Crippen molar-refractivity contribution < 1.29 is 14.3 Å². The Morgan fingerprint density at radius 2 is 2.00 bits per heavy atom. The molecule has 5 rings (SSSR count). The maximum absolute atomic E-state index is 12.9. The van der Waals surface area contributed by atoms with Gasteiger partial charge in [-0.15, -0.1) is 12.4 Å². The van der Waals surface area contributed by atoms with Crippen LogP contribution in [0.4, 0.5) is 0 Å². The van der Waals surface area contributed by atoms with Crippen LogP contribution >= 0.6 is 12.4 Å². The summed E-state index contributed by atoms with van der Waals surface area (Å²) in [5, 5.41) is 0. The second kappa shape index (κ2) is 7.55. The van der Waals surface area contributed by atoms with E-state index >= 15 is 0 Å². The molecule has 1 aliphatic heterocycles. The summed E-state index contributed by atoms with van der Waals surface area (Å²) in [5.41, 5.74) is 2.19. The number of hydrogen-bond donors (Lipinski definition) is 0. The van der Waals surface area contributed by atoms with Crippen molar-refractivity contribution in [1.29, 1.82) is 0 Å². The number of rotatable bonds is 4. The van der Waals surface area contributed by atoms with E-state index in [-0.39, 0.29) is 29.3 Å². The second-order valence-corrected chi connectivity index (χ2v) is 9.68. The molecule has 29 heavy (non-hydrogen) atoms. The third-order valence-electron chi connectivity index (χ3n) is 8.58. The van der Waals surface area contributed by atoms with Gasteiger partial charge in [-0.2, -0.15) is 0 Å². The van der Waals surface area contributed by atoms with Gasteiger partial charge in [0.05, 0.1) is 12.7 Å². The van der Waals surface area contributed by atoms with Gasteiger partial charge in [0.15, 0.2) is 0 Å². The number of likely N-dealkylation sites (tertiary alicyclic amines) is 1. The van der Waals surface area contributed by atoms with Gasteiger partial charge in [-0.25, -0.2) is 0 Å². The van der Waals surface area contributed by atoms with Gasteiger partial charge >= 0.3 is 0 Å². The Morgan fingerprint density at radius 1 is 1.21 bits per heavy atom. The van der Waals surface area contributed by atoms with Gasteiger partial charge in [0.25, 0.3) is 0 Å². The Bertz CT molecular complexity index is 794. The average Bonchev–Trinajstić information content (AvgIpc) is 2.65. The SMILES string of the molecule is COc1ccc2c(c1)[C@]13CCN(CC4CCC4)[C@H](C2)[C@]1(OC)C(C)CC(=O)C3.Cl. The summed E-state index contributed by atoms with van der Waals surface area (Å²) in [6.45, 7) is 4.52. The van der Waals surface area contributed by atoms with Crippen LogP contribution < -0.4 is 4.74 Å². The number of carbonyl (C=O) groups excluding carboxylic acids is 1. The quantitative estimate of drug-likeness (QED) is 0.734. The molecule has 0 spiro atoms. The van der Waals surface area contributed by atoms with Crippen molar-refractivity contribution in [3.63, 3.8) is 0 Å². The maximum atomic E-state index is 12.9. The summed E-state index contributed by atoms with van der Waals surface area (Å²) < 4.78 is 12.1. The molecule has 3 fully saturated rings. The minimum absolute atomic E-state index is 0. The molecule has 0 amide bonds. The third kappa shape index (κ3) is 2.82. The van der Waals surface area contributed by atoms with Gasteiger partial charge < -0.3 is 9.47 Å². The van der Waals surface area contributed by atoms with Crippen LogP contribution in [0.15, 0.2) is 18.2 Å². The lowest BCUT2D eigenvalue weighted by Gasteiger charge is -2.67. The van der Waals surface area contributed by atoms with Crippen LogP contribution in [0.2, 0.25) is 0 Å². The van der Waals surface area contributed by atoms with Crippen LogP contribution in [0.25, 0.3) is 0 Å². The van der Waals surface area contributed by atoms with Crippen molar-refractivity contribution in [3.8, 4) is 5.75 Å². The fraction of sp³-hybridized carbons (Fsp3) is 0.708. The predicted molar refractivity (Wildman–Crippen MR) is 116 cm³/mol. The molecule has 0 N–H and O–H groups in total. The standard InChI is InChI=1S/C24H33NO3.ClH/c1-16-11-19(26)14-23-9-10-25(15-17-5-4-6-17)22(24(16,23)28-3)12-18-7-8-20(27-2)13-21(18)23;/h7-8,13,16-17,22H,4-6,9-12,14-15H2,1-3H3;1H/t16?,22-,23-,24-;/m1./s1. The van der Waals surface area contributed by atoms with Crippen molar-refractivity contribution in [2.45, 2.75) is 68.9 Å². The lowest BCUT2D eigenvalue weighted by molar-refractivity contribution is -0.211. The topological polar surface area (TPSA) is 38.8 Å². The highest BCUT2D eigenvalue weighted by Crippen LogP contribution is 2.61. The average molecular weight is 420 g/mol. The van der Waals surface area contributed by atoms with E-state index < -0.39 is 0 Å². The lowest BCUT2D eigenvalue weighted by atomic mass is 9.46. The fourth-order valence-electron chi connectivity index (χ4n) is 7.20. The fourth-order valence-corrected chi connectivity index (χ4v) is 7.20. The molecule has 5 heteroatoms. The van der Waals surface area contributed by atoms with Crippen molar-refractivity contribution in [1.82, 2.24) is 4.90 Å². The number of ketones is 1. The number of hydrogen-bond acceptors (Lipinski definition) is 4. The number of carbonyl (C=O) groups is 1. The molecule has 2 bridgehead atoms. The van der Waals surface area contributed by atoms with Crippen LogP contribution in [-0.4, -0.2) is 49.6 Å². The van der Waals surface area contributed by atoms with Gasteiger partial charge in [-0.05, 0) is 67.3 Å². The number of methoxy groups -OCH3 is 2. The smallest absolute Gasteiger partial charge is 0.134 e. The first-order chi connectivity index (χ1) is 13.5. The van der Waals surface area contributed by atoms with Crippen molar-refractivity contribution in [2.75, 3.05) is 27.3 Å². The summed E-state index contributed by atoms with van der Waals surface area (Å²) in [5.74, 6) is 2.35. The number of piperidine rings is 1. The normalized spacial score (nSPS) is 36.4. The Morgan fingerprint density at radius 3 is 2.66 bits per heavy atom. The van der Waals surface area contributed by atoms with E-state index in [0.29, 0.717) is 24.7 Å². The van der Waals surface area contributed by atoms with Crippen LogP contribution in [0.3, 0.4) is 0 Å². The van der Waals surface area contributed by atoms with E-state index in [9.17, 15) is 4.79 Å². The van der Waals surface area contributed by atoms with Crippen molar-refractivity contribution in [2.24, 2.45) is 11.8 Å². The first-order valence-electron chi connectivity index (χ1n) is 11.0. The zero-order valence-electron chi connectivity index (χ0n) is 17.9. The summed E-state index contributed by atoms with van der Waals surface area (Å²) >= 11 is 0. The van der Waals surface area contributed by atoms with Crippen LogP contribution in [-0.2, 0) is 21.4 Å². The van der Waals surface area contributed by atoms with Crippen LogP contribution in [0, 0.1) is 11.8 Å². The highest BCUT2D eigenvalue weighted by Gasteiger charge is 2.68. The first kappa shape index (κ1) is 21.1. The molecule has 1 aromatic carbocycles. The molecule has 2 saturated carbocycles. The number of benzene rings is 1. The number of nitrogens with zero attached hydrogens (tertiary/aromatic N) is 1. The molecule has 1 aromatic rings. The highest BCUT2D eigenvalue weighted by molar-refractivity contribution is 5.85. The molecule has 1 heterocycles. The van der Waals surface area contributed by atoms with Gasteiger partial charge in [0.2, 0.25) is 0 Å². The molecular weight excluding hydrogens is 386 g/mol. The molecular formula is C24H34ClNO3. The summed E-state index contributed by atoms with van der Waals surface area (Å²) in [6.07, 6.45) is 7.39. The molecule has 4 atom stereocenters.